The molecule has 3 N–H and O–H groups in total. The van der Waals surface area contributed by atoms with Gasteiger partial charge in [0.2, 0.25) is 0 Å². The Morgan fingerprint density at radius 3 is 2.56 bits per heavy atom. The first-order valence-electron chi connectivity index (χ1n) is 5.96. The highest BCUT2D eigenvalue weighted by Crippen LogP contribution is 2.15. The van der Waals surface area contributed by atoms with Crippen molar-refractivity contribution in [3.63, 3.8) is 0 Å². The number of rotatable bonds is 6. The van der Waals surface area contributed by atoms with Gasteiger partial charge in [-0.2, -0.15) is 0 Å². The number of hydrogen-bond acceptors (Lipinski definition) is 3. The fourth-order valence-corrected chi connectivity index (χ4v) is 1.80. The van der Waals surface area contributed by atoms with E-state index in [0.29, 0.717) is 6.42 Å². The van der Waals surface area contributed by atoms with E-state index in [-0.39, 0.29) is 12.2 Å². The Balaban J connectivity index is 2.75. The van der Waals surface area contributed by atoms with Crippen molar-refractivity contribution in [2.45, 2.75) is 32.7 Å². The Hall–Kier alpha value is -1.68. The van der Waals surface area contributed by atoms with Gasteiger partial charge in [-0.3, -0.25) is 9.59 Å². The summed E-state index contributed by atoms with van der Waals surface area (Å²) in [5.41, 5.74) is 7.47. The topological polar surface area (TPSA) is 80.4 Å². The van der Waals surface area contributed by atoms with Gasteiger partial charge in [0.05, 0.1) is 12.0 Å². The number of ketones is 1. The van der Waals surface area contributed by atoms with Crippen molar-refractivity contribution in [1.82, 2.24) is 0 Å². The average molecular weight is 249 g/mol. The molecular weight excluding hydrogens is 230 g/mol. The standard InChI is InChI=1S/C14H19NO3/c1-9-4-3-5-11(6-9)7-12(14(17)18)8-13(16)10(2)15/h3-6,10,12H,7-8,15H2,1-2H3,(H,17,18)/t10-,12?/m1/s1. The highest BCUT2D eigenvalue weighted by atomic mass is 16.4. The van der Waals surface area contributed by atoms with Crippen LogP contribution < -0.4 is 5.73 Å². The number of Topliss-reactive ketones (excluding diaryl/α,β-unsaturated/α-hetero) is 1. The molecule has 0 fully saturated rings. The van der Waals surface area contributed by atoms with Crippen molar-refractivity contribution >= 4 is 11.8 Å². The Bertz CT molecular complexity index is 440. The summed E-state index contributed by atoms with van der Waals surface area (Å²) in [7, 11) is 0. The molecule has 0 radical (unpaired) electrons. The molecule has 0 heterocycles. The van der Waals surface area contributed by atoms with Crippen molar-refractivity contribution in [2.75, 3.05) is 0 Å². The number of carboxylic acid groups (broad SMARTS) is 1. The van der Waals surface area contributed by atoms with E-state index in [4.69, 9.17) is 10.8 Å². The molecule has 4 heteroatoms. The fourth-order valence-electron chi connectivity index (χ4n) is 1.80. The van der Waals surface area contributed by atoms with Crippen LogP contribution in [0.3, 0.4) is 0 Å². The minimum absolute atomic E-state index is 0.0130. The third kappa shape index (κ3) is 4.30. The van der Waals surface area contributed by atoms with E-state index in [1.54, 1.807) is 6.92 Å². The second kappa shape index (κ2) is 6.31. The molecule has 0 aliphatic heterocycles. The maximum atomic E-state index is 11.5. The lowest BCUT2D eigenvalue weighted by Crippen LogP contribution is -2.31. The SMILES string of the molecule is Cc1cccc(CC(CC(=O)[C@@H](C)N)C(=O)O)c1. The number of benzene rings is 1. The largest absolute Gasteiger partial charge is 0.481 e. The first-order valence-corrected chi connectivity index (χ1v) is 5.96. The van der Waals surface area contributed by atoms with Crippen LogP contribution in [-0.4, -0.2) is 22.9 Å². The summed E-state index contributed by atoms with van der Waals surface area (Å²) in [6.07, 6.45) is 0.344. The highest BCUT2D eigenvalue weighted by molar-refractivity contribution is 5.87. The second-order valence-corrected chi connectivity index (χ2v) is 4.69. The van der Waals surface area contributed by atoms with Gasteiger partial charge >= 0.3 is 5.97 Å². The van der Waals surface area contributed by atoms with E-state index in [1.165, 1.54) is 0 Å². The normalized spacial score (nSPS) is 13.9. The first-order chi connectivity index (χ1) is 8.40. The lowest BCUT2D eigenvalue weighted by Gasteiger charge is -2.13. The lowest BCUT2D eigenvalue weighted by molar-refractivity contribution is -0.143. The van der Waals surface area contributed by atoms with Crippen LogP contribution in [0.5, 0.6) is 0 Å². The molecule has 0 aliphatic rings. The molecule has 0 saturated heterocycles. The summed E-state index contributed by atoms with van der Waals surface area (Å²) in [6, 6.07) is 7.04. The third-order valence-corrected chi connectivity index (χ3v) is 2.87. The van der Waals surface area contributed by atoms with Gasteiger partial charge in [0, 0.05) is 6.42 Å². The van der Waals surface area contributed by atoms with Gasteiger partial charge < -0.3 is 10.8 Å². The smallest absolute Gasteiger partial charge is 0.307 e. The summed E-state index contributed by atoms with van der Waals surface area (Å²) in [4.78, 5) is 22.7. The number of carboxylic acids is 1. The van der Waals surface area contributed by atoms with Crippen molar-refractivity contribution in [1.29, 1.82) is 0 Å². The minimum Gasteiger partial charge on any atom is -0.481 e. The second-order valence-electron chi connectivity index (χ2n) is 4.69. The molecule has 0 bridgehead atoms. The van der Waals surface area contributed by atoms with Crippen LogP contribution >= 0.6 is 0 Å². The first kappa shape index (κ1) is 14.4. The molecule has 1 aromatic carbocycles. The van der Waals surface area contributed by atoms with Gasteiger partial charge in [0.1, 0.15) is 5.78 Å². The summed E-state index contributed by atoms with van der Waals surface area (Å²) in [5.74, 6) is -1.87. The Kier molecular flexibility index (Phi) is 5.04. The average Bonchev–Trinajstić information content (AvgIpc) is 2.27. The Morgan fingerprint density at radius 1 is 1.39 bits per heavy atom. The van der Waals surface area contributed by atoms with Gasteiger partial charge in [-0.15, -0.1) is 0 Å². The van der Waals surface area contributed by atoms with Crippen LogP contribution in [0.25, 0.3) is 0 Å². The molecule has 4 nitrogen and oxygen atoms in total. The quantitative estimate of drug-likeness (QED) is 0.801. The third-order valence-electron chi connectivity index (χ3n) is 2.87. The molecule has 1 aromatic rings. The van der Waals surface area contributed by atoms with Crippen LogP contribution in [0.4, 0.5) is 0 Å². The van der Waals surface area contributed by atoms with Gasteiger partial charge in [-0.25, -0.2) is 0 Å². The van der Waals surface area contributed by atoms with E-state index < -0.39 is 17.9 Å². The Morgan fingerprint density at radius 2 is 2.06 bits per heavy atom. The molecule has 0 amide bonds. The maximum Gasteiger partial charge on any atom is 0.307 e. The van der Waals surface area contributed by atoms with Gasteiger partial charge in [-0.1, -0.05) is 29.8 Å². The molecule has 1 rings (SSSR count). The maximum absolute atomic E-state index is 11.5. The fraction of sp³-hybridized carbons (Fsp3) is 0.429. The van der Waals surface area contributed by atoms with Crippen molar-refractivity contribution in [3.8, 4) is 0 Å². The molecule has 1 unspecified atom stereocenters. The zero-order valence-corrected chi connectivity index (χ0v) is 10.7. The predicted molar refractivity (Wildman–Crippen MR) is 69.3 cm³/mol. The van der Waals surface area contributed by atoms with Crippen LogP contribution in [0, 0.1) is 12.8 Å². The molecule has 2 atom stereocenters. The number of nitrogens with two attached hydrogens (primary N) is 1. The molecule has 0 spiro atoms. The number of aliphatic carboxylic acids is 1. The summed E-state index contributed by atoms with van der Waals surface area (Å²) < 4.78 is 0. The van der Waals surface area contributed by atoms with Gasteiger partial charge in [0.15, 0.2) is 0 Å². The summed E-state index contributed by atoms with van der Waals surface area (Å²) in [5, 5.41) is 9.14. The van der Waals surface area contributed by atoms with Gasteiger partial charge in [-0.05, 0) is 25.8 Å². The van der Waals surface area contributed by atoms with Crippen molar-refractivity contribution in [2.24, 2.45) is 11.7 Å². The molecule has 98 valence electrons. The predicted octanol–water partition coefficient (Wildman–Crippen LogP) is 1.54. The molecule has 18 heavy (non-hydrogen) atoms. The number of carbonyl (C=O) groups excluding carboxylic acids is 1. The van der Waals surface area contributed by atoms with E-state index in [9.17, 15) is 9.59 Å². The van der Waals surface area contributed by atoms with Crippen molar-refractivity contribution in [3.05, 3.63) is 35.4 Å². The van der Waals surface area contributed by atoms with Crippen LogP contribution in [-0.2, 0) is 16.0 Å². The number of aryl methyl sites for hydroxylation is 1. The summed E-state index contributed by atoms with van der Waals surface area (Å²) in [6.45, 7) is 3.53. The lowest BCUT2D eigenvalue weighted by atomic mass is 9.92. The monoisotopic (exact) mass is 249 g/mol. The Labute approximate surface area is 107 Å². The molecule has 0 aromatic heterocycles. The van der Waals surface area contributed by atoms with Crippen LogP contribution in [0.15, 0.2) is 24.3 Å². The van der Waals surface area contributed by atoms with Crippen LogP contribution in [0.2, 0.25) is 0 Å². The van der Waals surface area contributed by atoms with E-state index in [0.717, 1.165) is 11.1 Å². The van der Waals surface area contributed by atoms with E-state index >= 15 is 0 Å². The zero-order chi connectivity index (χ0) is 13.7. The van der Waals surface area contributed by atoms with Crippen LogP contribution in [0.1, 0.15) is 24.5 Å². The zero-order valence-electron chi connectivity index (χ0n) is 10.7. The highest BCUT2D eigenvalue weighted by Gasteiger charge is 2.23. The van der Waals surface area contributed by atoms with Gasteiger partial charge in [0.25, 0.3) is 0 Å². The summed E-state index contributed by atoms with van der Waals surface area (Å²) >= 11 is 0. The molecule has 0 saturated carbocycles. The molecular formula is C14H19NO3. The minimum atomic E-state index is -0.953. The number of hydrogen-bond donors (Lipinski definition) is 2. The number of carbonyl (C=O) groups is 2. The van der Waals surface area contributed by atoms with E-state index in [2.05, 4.69) is 0 Å². The van der Waals surface area contributed by atoms with Crippen molar-refractivity contribution < 1.29 is 14.7 Å². The molecule has 0 aliphatic carbocycles. The van der Waals surface area contributed by atoms with E-state index in [1.807, 2.05) is 31.2 Å².